The van der Waals surface area contributed by atoms with Crippen molar-refractivity contribution in [2.24, 2.45) is 0 Å². The first kappa shape index (κ1) is 10.4. The molecular weight excluding hydrogens is 228 g/mol. The van der Waals surface area contributed by atoms with Gasteiger partial charge < -0.3 is 14.2 Å². The summed E-state index contributed by atoms with van der Waals surface area (Å²) in [5, 5.41) is 0. The number of fused-ring (bicyclic) bond motifs is 2. The molecule has 0 amide bonds. The molecule has 3 nitrogen and oxygen atoms in total. The fourth-order valence-electron chi connectivity index (χ4n) is 2.62. The van der Waals surface area contributed by atoms with Gasteiger partial charge in [-0.25, -0.2) is 0 Å². The highest BCUT2D eigenvalue weighted by Gasteiger charge is 2.36. The SMILES string of the molecule is C1=CC2(C=C3OC4=CCCC=C4C=C13)OCCO2. The summed E-state index contributed by atoms with van der Waals surface area (Å²) in [4.78, 5) is 0. The average Bonchev–Trinajstić information content (AvgIpc) is 2.85. The highest BCUT2D eigenvalue weighted by molar-refractivity contribution is 5.55. The summed E-state index contributed by atoms with van der Waals surface area (Å²) in [5.41, 5.74) is 2.27. The topological polar surface area (TPSA) is 27.7 Å². The van der Waals surface area contributed by atoms with Crippen molar-refractivity contribution in [1.82, 2.24) is 0 Å². The molecule has 2 aliphatic heterocycles. The van der Waals surface area contributed by atoms with Crippen molar-refractivity contribution in [3.05, 3.63) is 59.1 Å². The Hall–Kier alpha value is -1.58. The molecule has 92 valence electrons. The summed E-state index contributed by atoms with van der Waals surface area (Å²) in [7, 11) is 0. The molecule has 1 spiro atoms. The Bertz CT molecular complexity index is 540. The largest absolute Gasteiger partial charge is 0.457 e. The minimum absolute atomic E-state index is 0.626. The first-order valence-electron chi connectivity index (χ1n) is 6.35. The summed E-state index contributed by atoms with van der Waals surface area (Å²) in [6, 6.07) is 0. The molecule has 0 aromatic heterocycles. The van der Waals surface area contributed by atoms with Gasteiger partial charge in [0.05, 0.1) is 13.2 Å². The van der Waals surface area contributed by atoms with Crippen LogP contribution in [0.15, 0.2) is 59.1 Å². The Morgan fingerprint density at radius 2 is 1.78 bits per heavy atom. The molecule has 4 rings (SSSR count). The molecule has 0 radical (unpaired) electrons. The van der Waals surface area contributed by atoms with Gasteiger partial charge >= 0.3 is 0 Å². The zero-order chi connectivity index (χ0) is 12.0. The summed E-state index contributed by atoms with van der Waals surface area (Å²) >= 11 is 0. The molecular formula is C15H14O3. The molecule has 1 saturated heterocycles. The van der Waals surface area contributed by atoms with Gasteiger partial charge in [0.25, 0.3) is 0 Å². The lowest BCUT2D eigenvalue weighted by atomic mass is 9.95. The highest BCUT2D eigenvalue weighted by atomic mass is 16.7. The summed E-state index contributed by atoms with van der Waals surface area (Å²) in [6.07, 6.45) is 14.6. The van der Waals surface area contributed by atoms with E-state index in [1.54, 1.807) is 0 Å². The van der Waals surface area contributed by atoms with E-state index < -0.39 is 5.79 Å². The van der Waals surface area contributed by atoms with Crippen molar-refractivity contribution in [2.45, 2.75) is 18.6 Å². The molecule has 2 heterocycles. The fraction of sp³-hybridized carbons (Fsp3) is 0.333. The first-order chi connectivity index (χ1) is 8.85. The molecule has 0 aromatic rings. The van der Waals surface area contributed by atoms with Crippen LogP contribution in [0.2, 0.25) is 0 Å². The molecule has 0 atom stereocenters. The molecule has 1 fully saturated rings. The lowest BCUT2D eigenvalue weighted by Gasteiger charge is -2.29. The molecule has 18 heavy (non-hydrogen) atoms. The highest BCUT2D eigenvalue weighted by Crippen LogP contribution is 2.38. The van der Waals surface area contributed by atoms with Gasteiger partial charge in [-0.1, -0.05) is 6.08 Å². The van der Waals surface area contributed by atoms with E-state index in [0.717, 1.165) is 29.9 Å². The standard InChI is InChI=1S/C15H14O3/c1-2-4-13-11(3-1)9-12-5-6-15(10-14(12)18-13)16-7-8-17-15/h3-6,9-10H,1-2,7-8H2. The zero-order valence-electron chi connectivity index (χ0n) is 10.0. The number of ether oxygens (including phenoxy) is 3. The van der Waals surface area contributed by atoms with Crippen molar-refractivity contribution in [3.63, 3.8) is 0 Å². The second-order valence-corrected chi connectivity index (χ2v) is 4.77. The third-order valence-electron chi connectivity index (χ3n) is 3.53. The Balaban J connectivity index is 1.76. The van der Waals surface area contributed by atoms with Crippen LogP contribution >= 0.6 is 0 Å². The summed E-state index contributed by atoms with van der Waals surface area (Å²) in [6.45, 7) is 1.25. The molecule has 4 aliphatic rings. The van der Waals surface area contributed by atoms with Crippen LogP contribution in [0.5, 0.6) is 0 Å². The predicted molar refractivity (Wildman–Crippen MR) is 66.4 cm³/mol. The van der Waals surface area contributed by atoms with Crippen molar-refractivity contribution >= 4 is 0 Å². The minimum atomic E-state index is -0.705. The van der Waals surface area contributed by atoms with Crippen LogP contribution in [0.4, 0.5) is 0 Å². The van der Waals surface area contributed by atoms with Gasteiger partial charge in [-0.15, -0.1) is 0 Å². The Kier molecular flexibility index (Phi) is 2.13. The third kappa shape index (κ3) is 1.51. The monoisotopic (exact) mass is 242 g/mol. The van der Waals surface area contributed by atoms with Gasteiger partial charge in [0.1, 0.15) is 11.5 Å². The van der Waals surface area contributed by atoms with E-state index in [1.807, 2.05) is 18.2 Å². The Morgan fingerprint density at radius 1 is 0.944 bits per heavy atom. The molecule has 0 saturated carbocycles. The van der Waals surface area contributed by atoms with E-state index in [9.17, 15) is 0 Å². The molecule has 0 N–H and O–H groups in total. The molecule has 3 heteroatoms. The van der Waals surface area contributed by atoms with Crippen LogP contribution in [0.1, 0.15) is 12.8 Å². The number of hydrogen-bond donors (Lipinski definition) is 0. The summed E-state index contributed by atoms with van der Waals surface area (Å²) < 4.78 is 17.2. The van der Waals surface area contributed by atoms with Gasteiger partial charge in [-0.05, 0) is 37.1 Å². The second-order valence-electron chi connectivity index (χ2n) is 4.77. The smallest absolute Gasteiger partial charge is 0.212 e. The quantitative estimate of drug-likeness (QED) is 0.653. The lowest BCUT2D eigenvalue weighted by Crippen LogP contribution is -2.28. The van der Waals surface area contributed by atoms with Gasteiger partial charge in [0, 0.05) is 17.2 Å². The maximum atomic E-state index is 5.96. The number of allylic oxidation sites excluding steroid dienone is 4. The maximum Gasteiger partial charge on any atom is 0.212 e. The normalized spacial score (nSPS) is 27.6. The van der Waals surface area contributed by atoms with E-state index in [1.165, 1.54) is 5.57 Å². The third-order valence-corrected chi connectivity index (χ3v) is 3.53. The van der Waals surface area contributed by atoms with E-state index in [2.05, 4.69) is 18.2 Å². The Morgan fingerprint density at radius 3 is 2.67 bits per heavy atom. The van der Waals surface area contributed by atoms with Crippen molar-refractivity contribution in [1.29, 1.82) is 0 Å². The van der Waals surface area contributed by atoms with Crippen molar-refractivity contribution < 1.29 is 14.2 Å². The van der Waals surface area contributed by atoms with E-state index in [-0.39, 0.29) is 0 Å². The zero-order valence-corrected chi connectivity index (χ0v) is 10.0. The van der Waals surface area contributed by atoms with E-state index in [4.69, 9.17) is 14.2 Å². The first-order valence-corrected chi connectivity index (χ1v) is 6.35. The van der Waals surface area contributed by atoms with E-state index >= 15 is 0 Å². The summed E-state index contributed by atoms with van der Waals surface area (Å²) in [5.74, 6) is 1.09. The van der Waals surface area contributed by atoms with Crippen LogP contribution in [-0.4, -0.2) is 19.0 Å². The van der Waals surface area contributed by atoms with Crippen LogP contribution in [0.3, 0.4) is 0 Å². The average molecular weight is 242 g/mol. The van der Waals surface area contributed by atoms with E-state index in [0.29, 0.717) is 13.2 Å². The number of hydrogen-bond acceptors (Lipinski definition) is 3. The molecule has 0 aromatic carbocycles. The lowest BCUT2D eigenvalue weighted by molar-refractivity contribution is -0.0773. The van der Waals surface area contributed by atoms with Crippen molar-refractivity contribution in [2.75, 3.05) is 13.2 Å². The minimum Gasteiger partial charge on any atom is -0.457 e. The Labute approximate surface area is 106 Å². The van der Waals surface area contributed by atoms with Gasteiger partial charge in [0.15, 0.2) is 0 Å². The molecule has 0 bridgehead atoms. The van der Waals surface area contributed by atoms with Gasteiger partial charge in [0.2, 0.25) is 5.79 Å². The predicted octanol–water partition coefficient (Wildman–Crippen LogP) is 2.74. The molecule has 2 aliphatic carbocycles. The molecule has 0 unspecified atom stereocenters. The number of rotatable bonds is 0. The second kappa shape index (κ2) is 3.70. The van der Waals surface area contributed by atoms with Crippen LogP contribution in [-0.2, 0) is 14.2 Å². The van der Waals surface area contributed by atoms with Crippen molar-refractivity contribution in [3.8, 4) is 0 Å². The van der Waals surface area contributed by atoms with Crippen LogP contribution < -0.4 is 0 Å². The van der Waals surface area contributed by atoms with Gasteiger partial charge in [-0.2, -0.15) is 0 Å². The van der Waals surface area contributed by atoms with Crippen LogP contribution in [0, 0.1) is 0 Å². The fourth-order valence-corrected chi connectivity index (χ4v) is 2.62. The van der Waals surface area contributed by atoms with Gasteiger partial charge in [-0.3, -0.25) is 0 Å². The maximum absolute atomic E-state index is 5.96. The van der Waals surface area contributed by atoms with Crippen LogP contribution in [0.25, 0.3) is 0 Å².